The Balaban J connectivity index is -0.0000000575. The van der Waals surface area contributed by atoms with Crippen LogP contribution < -0.4 is 5.32 Å². The molecular weight excluding hydrogens is 126 g/mol. The van der Waals surface area contributed by atoms with Crippen molar-refractivity contribution in [3.63, 3.8) is 0 Å². The molecule has 8 heavy (non-hydrogen) atoms. The van der Waals surface area contributed by atoms with Gasteiger partial charge in [-0.1, -0.05) is 0 Å². The highest BCUT2D eigenvalue weighted by molar-refractivity contribution is 5.85. The Hall–Kier alpha value is -0.0800. The maximum Gasteiger partial charge on any atom is 0.126 e. The van der Waals surface area contributed by atoms with Crippen LogP contribution in [0.1, 0.15) is 13.8 Å². The summed E-state index contributed by atoms with van der Waals surface area (Å²) in [6, 6.07) is 0. The molecule has 1 N–H and O–H groups in total. The van der Waals surface area contributed by atoms with Crippen LogP contribution in [0.2, 0.25) is 0 Å². The third-order valence-corrected chi connectivity index (χ3v) is 0. The predicted octanol–water partition coefficient (Wildman–Crippen LogP) is 0.853. The largest absolute Gasteiger partial charge is 0.323 e. The Morgan fingerprint density at radius 2 is 1.25 bits per heavy atom. The zero-order valence-corrected chi connectivity index (χ0v) is 6.63. The van der Waals surface area contributed by atoms with Crippen molar-refractivity contribution in [3.05, 3.63) is 0 Å². The molecule has 2 nitrogen and oxygen atoms in total. The van der Waals surface area contributed by atoms with E-state index >= 15 is 0 Å². The Labute approximate surface area is 57.1 Å². The molecule has 0 aliphatic rings. The molecule has 3 heteroatoms. The molecule has 0 aromatic carbocycles. The van der Waals surface area contributed by atoms with Crippen LogP contribution in [0.4, 0.5) is 0 Å². The maximum atomic E-state index is 9.44. The molecule has 0 spiro atoms. The average molecular weight is 140 g/mol. The lowest BCUT2D eigenvalue weighted by Gasteiger charge is -1.59. The molecule has 0 aliphatic carbocycles. The second-order valence-corrected chi connectivity index (χ2v) is 1.41. The van der Waals surface area contributed by atoms with Crippen molar-refractivity contribution in [2.24, 2.45) is 0 Å². The summed E-state index contributed by atoms with van der Waals surface area (Å²) < 4.78 is 0. The van der Waals surface area contributed by atoms with Crippen LogP contribution >= 0.6 is 12.4 Å². The van der Waals surface area contributed by atoms with Crippen LogP contribution in [0, 0.1) is 0 Å². The van der Waals surface area contributed by atoms with E-state index in [2.05, 4.69) is 5.32 Å². The molecule has 0 aromatic rings. The minimum Gasteiger partial charge on any atom is -0.323 e. The van der Waals surface area contributed by atoms with E-state index in [9.17, 15) is 4.79 Å². The van der Waals surface area contributed by atoms with Gasteiger partial charge in [0, 0.05) is 0 Å². The van der Waals surface area contributed by atoms with Gasteiger partial charge in [-0.25, -0.2) is 0 Å². The summed E-state index contributed by atoms with van der Waals surface area (Å²) in [5.41, 5.74) is 0. The first kappa shape index (κ1) is 15.7. The van der Waals surface area contributed by atoms with E-state index in [1.165, 1.54) is 13.8 Å². The van der Waals surface area contributed by atoms with Gasteiger partial charge in [0.25, 0.3) is 0 Å². The SMILES string of the molecule is CC(C)=O.CNC.Cl. The van der Waals surface area contributed by atoms with Gasteiger partial charge in [-0.15, -0.1) is 12.4 Å². The molecule has 0 atom stereocenters. The van der Waals surface area contributed by atoms with Gasteiger partial charge in [0.2, 0.25) is 0 Å². The topological polar surface area (TPSA) is 29.1 Å². The van der Waals surface area contributed by atoms with Gasteiger partial charge in [-0.2, -0.15) is 0 Å². The molecular formula is C5H14ClNO. The average Bonchev–Trinajstić information content (AvgIpc) is 1.33. The monoisotopic (exact) mass is 139 g/mol. The summed E-state index contributed by atoms with van der Waals surface area (Å²) in [5, 5.41) is 2.75. The van der Waals surface area contributed by atoms with Crippen LogP contribution in [0.3, 0.4) is 0 Å². The molecule has 0 aromatic heterocycles. The van der Waals surface area contributed by atoms with E-state index in [-0.39, 0.29) is 18.2 Å². The number of carbonyl (C=O) groups excluding carboxylic acids is 1. The lowest BCUT2D eigenvalue weighted by atomic mass is 10.6. The molecule has 0 aliphatic heterocycles. The summed E-state index contributed by atoms with van der Waals surface area (Å²) in [6.45, 7) is 3.06. The van der Waals surface area contributed by atoms with Crippen molar-refractivity contribution in [2.45, 2.75) is 13.8 Å². The fraction of sp³-hybridized carbons (Fsp3) is 0.800. The van der Waals surface area contributed by atoms with E-state index in [0.717, 1.165) is 0 Å². The van der Waals surface area contributed by atoms with Crippen LogP contribution in [0.5, 0.6) is 0 Å². The molecule has 52 valence electrons. The van der Waals surface area contributed by atoms with Crippen molar-refractivity contribution in [1.82, 2.24) is 5.32 Å². The quantitative estimate of drug-likeness (QED) is 0.539. The van der Waals surface area contributed by atoms with Gasteiger partial charge in [0.05, 0.1) is 0 Å². The molecule has 0 saturated heterocycles. The van der Waals surface area contributed by atoms with Crippen molar-refractivity contribution in [3.8, 4) is 0 Å². The Bertz CT molecular complexity index is 43.7. The van der Waals surface area contributed by atoms with Gasteiger partial charge in [-0.05, 0) is 27.9 Å². The number of nitrogens with one attached hydrogen (secondary N) is 1. The van der Waals surface area contributed by atoms with Gasteiger partial charge < -0.3 is 10.1 Å². The molecule has 0 unspecified atom stereocenters. The predicted molar refractivity (Wildman–Crippen MR) is 38.6 cm³/mol. The lowest BCUT2D eigenvalue weighted by Crippen LogP contribution is -1.89. The highest BCUT2D eigenvalue weighted by Gasteiger charge is 1.62. The lowest BCUT2D eigenvalue weighted by molar-refractivity contribution is -0.114. The highest BCUT2D eigenvalue weighted by atomic mass is 35.5. The third-order valence-electron chi connectivity index (χ3n) is 0. The minimum absolute atomic E-state index is 0. The highest BCUT2D eigenvalue weighted by Crippen LogP contribution is 1.50. The number of halogens is 1. The molecule has 0 saturated carbocycles. The van der Waals surface area contributed by atoms with Gasteiger partial charge in [0.1, 0.15) is 5.78 Å². The summed E-state index contributed by atoms with van der Waals surface area (Å²) in [6.07, 6.45) is 0. The molecule has 0 fully saturated rings. The van der Waals surface area contributed by atoms with Crippen molar-refractivity contribution in [2.75, 3.05) is 14.1 Å². The van der Waals surface area contributed by atoms with E-state index < -0.39 is 0 Å². The summed E-state index contributed by atoms with van der Waals surface area (Å²) in [7, 11) is 3.75. The molecule has 0 rings (SSSR count). The number of hydrogen-bond acceptors (Lipinski definition) is 2. The molecule has 0 amide bonds. The number of carbonyl (C=O) groups is 1. The fourth-order valence-electron chi connectivity index (χ4n) is 0. The van der Waals surface area contributed by atoms with E-state index in [0.29, 0.717) is 0 Å². The number of ketones is 1. The zero-order chi connectivity index (χ0) is 6.28. The normalized spacial score (nSPS) is 5.50. The van der Waals surface area contributed by atoms with Crippen molar-refractivity contribution in [1.29, 1.82) is 0 Å². The van der Waals surface area contributed by atoms with Gasteiger partial charge in [0.15, 0.2) is 0 Å². The first-order valence-corrected chi connectivity index (χ1v) is 2.20. The Morgan fingerprint density at radius 3 is 1.25 bits per heavy atom. The van der Waals surface area contributed by atoms with E-state index in [4.69, 9.17) is 0 Å². The number of Topliss-reactive ketones (excluding diaryl/α,β-unsaturated/α-hetero) is 1. The number of rotatable bonds is 0. The molecule has 0 bridgehead atoms. The Morgan fingerprint density at radius 1 is 1.25 bits per heavy atom. The van der Waals surface area contributed by atoms with Crippen molar-refractivity contribution >= 4 is 18.2 Å². The third kappa shape index (κ3) is 22400. The van der Waals surface area contributed by atoms with E-state index in [1.54, 1.807) is 0 Å². The zero-order valence-electron chi connectivity index (χ0n) is 5.82. The first-order valence-electron chi connectivity index (χ1n) is 2.20. The van der Waals surface area contributed by atoms with Crippen LogP contribution in [0.15, 0.2) is 0 Å². The van der Waals surface area contributed by atoms with E-state index in [1.807, 2.05) is 14.1 Å². The first-order chi connectivity index (χ1) is 3.15. The minimum atomic E-state index is 0. The smallest absolute Gasteiger partial charge is 0.126 e. The van der Waals surface area contributed by atoms with Crippen LogP contribution in [-0.2, 0) is 4.79 Å². The Kier molecular flexibility index (Phi) is 30.9. The van der Waals surface area contributed by atoms with Crippen molar-refractivity contribution < 1.29 is 4.79 Å². The van der Waals surface area contributed by atoms with Gasteiger partial charge >= 0.3 is 0 Å². The van der Waals surface area contributed by atoms with Gasteiger partial charge in [-0.3, -0.25) is 0 Å². The summed E-state index contributed by atoms with van der Waals surface area (Å²) in [5.74, 6) is 0.167. The summed E-state index contributed by atoms with van der Waals surface area (Å²) >= 11 is 0. The fourth-order valence-corrected chi connectivity index (χ4v) is 0. The standard InChI is InChI=1S/C3H6O.C2H7N.ClH/c1-3(2)4;1-3-2;/h1-2H3;3H,1-2H3;1H. The second kappa shape index (κ2) is 15.8. The second-order valence-electron chi connectivity index (χ2n) is 1.41. The van der Waals surface area contributed by atoms with Crippen LogP contribution in [0.25, 0.3) is 0 Å². The van der Waals surface area contributed by atoms with Crippen LogP contribution in [-0.4, -0.2) is 19.9 Å². The maximum absolute atomic E-state index is 9.44. The molecule has 0 radical (unpaired) electrons. The molecule has 0 heterocycles. The number of hydrogen-bond donors (Lipinski definition) is 1. The summed E-state index contributed by atoms with van der Waals surface area (Å²) in [4.78, 5) is 9.44.